The molecule has 0 unspecified atom stereocenters. The average Bonchev–Trinajstić information content (AvgIpc) is 2.84. The summed E-state index contributed by atoms with van der Waals surface area (Å²) < 4.78 is 24.2. The summed E-state index contributed by atoms with van der Waals surface area (Å²) in [6.45, 7) is 7.83. The summed E-state index contributed by atoms with van der Waals surface area (Å²) in [6.07, 6.45) is 2.36. The molecule has 0 saturated carbocycles. The van der Waals surface area contributed by atoms with Crippen molar-refractivity contribution in [2.45, 2.75) is 26.0 Å². The smallest absolute Gasteiger partial charge is 0.227 e. The number of hydrogen-bond donors (Lipinski definition) is 1. The third kappa shape index (κ3) is 6.72. The van der Waals surface area contributed by atoms with Crippen LogP contribution < -0.4 is 10.2 Å². The Morgan fingerprint density at radius 3 is 2.46 bits per heavy atom. The van der Waals surface area contributed by atoms with Gasteiger partial charge in [0.1, 0.15) is 0 Å². The first-order valence-corrected chi connectivity index (χ1v) is 14.0. The lowest BCUT2D eigenvalue weighted by atomic mass is 10.0. The van der Waals surface area contributed by atoms with E-state index in [1.54, 1.807) is 13.0 Å². The summed E-state index contributed by atoms with van der Waals surface area (Å²) in [5, 5.41) is 3.77. The SMILES string of the molecule is CCS(=O)(=O)Cc1cc(Cc2nc(Nc3ccc(N4CCN(C)CC4)cc3)ncc2C)ccc1Cl. The van der Waals surface area contributed by atoms with E-state index in [0.717, 1.165) is 48.7 Å². The molecule has 1 aliphatic heterocycles. The summed E-state index contributed by atoms with van der Waals surface area (Å²) in [4.78, 5) is 13.9. The Hall–Kier alpha value is -2.68. The van der Waals surface area contributed by atoms with Gasteiger partial charge in [-0.3, -0.25) is 0 Å². The van der Waals surface area contributed by atoms with Crippen LogP contribution in [0.2, 0.25) is 5.02 Å². The highest BCUT2D eigenvalue weighted by atomic mass is 35.5. The van der Waals surface area contributed by atoms with Gasteiger partial charge in [-0.15, -0.1) is 0 Å². The monoisotopic (exact) mass is 513 g/mol. The number of nitrogens with zero attached hydrogens (tertiary/aromatic N) is 4. The molecule has 3 aromatic rings. The molecule has 0 radical (unpaired) electrons. The molecular weight excluding hydrogens is 482 g/mol. The van der Waals surface area contributed by atoms with Gasteiger partial charge in [-0.1, -0.05) is 30.7 Å². The zero-order valence-corrected chi connectivity index (χ0v) is 22.0. The number of halogens is 1. The fourth-order valence-corrected chi connectivity index (χ4v) is 5.23. The van der Waals surface area contributed by atoms with Crippen LogP contribution in [-0.2, 0) is 22.0 Å². The highest BCUT2D eigenvalue weighted by Gasteiger charge is 2.15. The van der Waals surface area contributed by atoms with Crippen molar-refractivity contribution < 1.29 is 8.42 Å². The van der Waals surface area contributed by atoms with Crippen molar-refractivity contribution in [1.82, 2.24) is 14.9 Å². The van der Waals surface area contributed by atoms with E-state index < -0.39 is 9.84 Å². The van der Waals surface area contributed by atoms with Gasteiger partial charge in [-0.2, -0.15) is 0 Å². The van der Waals surface area contributed by atoms with Crippen LogP contribution in [0.15, 0.2) is 48.7 Å². The maximum atomic E-state index is 12.1. The van der Waals surface area contributed by atoms with E-state index in [1.165, 1.54) is 5.69 Å². The van der Waals surface area contributed by atoms with Crippen LogP contribution in [0.25, 0.3) is 0 Å². The van der Waals surface area contributed by atoms with E-state index in [4.69, 9.17) is 16.6 Å². The zero-order chi connectivity index (χ0) is 25.0. The zero-order valence-electron chi connectivity index (χ0n) is 20.5. The molecule has 1 N–H and O–H groups in total. The van der Waals surface area contributed by atoms with Gasteiger partial charge in [-0.05, 0) is 61.0 Å². The minimum absolute atomic E-state index is 0.0597. The van der Waals surface area contributed by atoms with E-state index >= 15 is 0 Å². The fourth-order valence-electron chi connectivity index (χ4n) is 4.05. The van der Waals surface area contributed by atoms with Crippen molar-refractivity contribution in [2.24, 2.45) is 0 Å². The van der Waals surface area contributed by atoms with Gasteiger partial charge in [0.15, 0.2) is 9.84 Å². The third-order valence-electron chi connectivity index (χ3n) is 6.37. The second kappa shape index (κ2) is 10.9. The lowest BCUT2D eigenvalue weighted by Gasteiger charge is -2.34. The third-order valence-corrected chi connectivity index (χ3v) is 8.36. The molecule has 0 bridgehead atoms. The molecule has 4 rings (SSSR count). The summed E-state index contributed by atoms with van der Waals surface area (Å²) in [5.41, 5.74) is 5.58. The van der Waals surface area contributed by atoms with Crippen LogP contribution in [0.5, 0.6) is 0 Å². The Bertz CT molecular complexity index is 1270. The van der Waals surface area contributed by atoms with Crippen LogP contribution in [-0.4, -0.2) is 62.3 Å². The first-order chi connectivity index (χ1) is 16.7. The maximum Gasteiger partial charge on any atom is 0.227 e. The van der Waals surface area contributed by atoms with Gasteiger partial charge < -0.3 is 15.1 Å². The predicted molar refractivity (Wildman–Crippen MR) is 144 cm³/mol. The average molecular weight is 514 g/mol. The van der Waals surface area contributed by atoms with E-state index in [-0.39, 0.29) is 11.5 Å². The Labute approximate surface area is 213 Å². The van der Waals surface area contributed by atoms with Crippen LogP contribution in [0.3, 0.4) is 0 Å². The molecule has 0 atom stereocenters. The number of benzene rings is 2. The lowest BCUT2D eigenvalue weighted by molar-refractivity contribution is 0.313. The highest BCUT2D eigenvalue weighted by molar-refractivity contribution is 7.90. The van der Waals surface area contributed by atoms with Crippen molar-refractivity contribution in [3.63, 3.8) is 0 Å². The summed E-state index contributed by atoms with van der Waals surface area (Å²) in [7, 11) is -1.02. The maximum absolute atomic E-state index is 12.1. The molecule has 186 valence electrons. The van der Waals surface area contributed by atoms with Crippen molar-refractivity contribution in [3.05, 3.63) is 76.1 Å². The highest BCUT2D eigenvalue weighted by Crippen LogP contribution is 2.24. The number of hydrogen-bond acceptors (Lipinski definition) is 7. The van der Waals surface area contributed by atoms with E-state index in [9.17, 15) is 8.42 Å². The largest absolute Gasteiger partial charge is 0.369 e. The minimum Gasteiger partial charge on any atom is -0.369 e. The number of likely N-dealkylation sites (N-methyl/N-ethyl adjacent to an activating group) is 1. The van der Waals surface area contributed by atoms with Crippen LogP contribution in [0, 0.1) is 6.92 Å². The quantitative estimate of drug-likeness (QED) is 0.476. The first kappa shape index (κ1) is 25.4. The Morgan fingerprint density at radius 2 is 1.77 bits per heavy atom. The van der Waals surface area contributed by atoms with Crippen LogP contribution in [0.1, 0.15) is 29.3 Å². The van der Waals surface area contributed by atoms with Gasteiger partial charge in [0.2, 0.25) is 5.95 Å². The molecular formula is C26H32ClN5O2S. The minimum atomic E-state index is -3.17. The molecule has 0 amide bonds. The van der Waals surface area contributed by atoms with Gasteiger partial charge in [0.05, 0.1) is 11.4 Å². The Morgan fingerprint density at radius 1 is 1.06 bits per heavy atom. The number of aryl methyl sites for hydroxylation is 1. The normalized spacial score (nSPS) is 14.8. The van der Waals surface area contributed by atoms with Gasteiger partial charge >= 0.3 is 0 Å². The summed E-state index contributed by atoms with van der Waals surface area (Å²) >= 11 is 6.27. The molecule has 0 aliphatic carbocycles. The fraction of sp³-hybridized carbons (Fsp3) is 0.385. The predicted octanol–water partition coefficient (Wildman–Crippen LogP) is 4.46. The van der Waals surface area contributed by atoms with E-state index in [2.05, 4.69) is 51.4 Å². The van der Waals surface area contributed by atoms with Gasteiger partial charge in [0, 0.05) is 60.9 Å². The van der Waals surface area contributed by atoms with Crippen molar-refractivity contribution >= 4 is 38.8 Å². The molecule has 35 heavy (non-hydrogen) atoms. The molecule has 1 aliphatic rings. The molecule has 7 nitrogen and oxygen atoms in total. The second-order valence-electron chi connectivity index (χ2n) is 9.06. The van der Waals surface area contributed by atoms with Gasteiger partial charge in [-0.25, -0.2) is 18.4 Å². The van der Waals surface area contributed by atoms with Gasteiger partial charge in [0.25, 0.3) is 0 Å². The van der Waals surface area contributed by atoms with Crippen LogP contribution in [0.4, 0.5) is 17.3 Å². The second-order valence-corrected chi connectivity index (χ2v) is 11.8. The number of nitrogens with one attached hydrogen (secondary N) is 1. The first-order valence-electron chi connectivity index (χ1n) is 11.8. The molecule has 0 spiro atoms. The number of sulfone groups is 1. The van der Waals surface area contributed by atoms with Crippen molar-refractivity contribution in [1.29, 1.82) is 0 Å². The molecule has 2 aromatic carbocycles. The Kier molecular flexibility index (Phi) is 7.94. The molecule has 2 heterocycles. The molecule has 1 fully saturated rings. The molecule has 9 heteroatoms. The standard InChI is InChI=1S/C26H32ClN5O2S/c1-4-35(33,34)18-21-15-20(5-10-24(21)27)16-25-19(2)17-28-26(30-25)29-22-6-8-23(9-7-22)32-13-11-31(3)12-14-32/h5-10,15,17H,4,11-14,16,18H2,1-3H3,(H,28,29,30). The lowest BCUT2D eigenvalue weighted by Crippen LogP contribution is -2.44. The van der Waals surface area contributed by atoms with Crippen LogP contribution >= 0.6 is 11.6 Å². The van der Waals surface area contributed by atoms with Crippen molar-refractivity contribution in [3.8, 4) is 0 Å². The topological polar surface area (TPSA) is 78.4 Å². The number of anilines is 3. The molecule has 1 saturated heterocycles. The molecule has 1 aromatic heterocycles. The summed E-state index contributed by atoms with van der Waals surface area (Å²) in [5.74, 6) is 0.556. The number of rotatable bonds is 8. The number of aromatic nitrogens is 2. The van der Waals surface area contributed by atoms with E-state index in [0.29, 0.717) is 23.0 Å². The van der Waals surface area contributed by atoms with E-state index in [1.807, 2.05) is 25.3 Å². The number of piperazine rings is 1. The van der Waals surface area contributed by atoms with Crippen molar-refractivity contribution in [2.75, 3.05) is 49.2 Å². The Balaban J connectivity index is 1.47. The summed E-state index contributed by atoms with van der Waals surface area (Å²) in [6, 6.07) is 13.9.